The van der Waals surface area contributed by atoms with Crippen LogP contribution in [0.1, 0.15) is 40.7 Å². The standard InChI is InChI=1S/C18H26N2O/c1-19-10-4-7-17(12-19)20(2)13-18(21)16-9-8-14-5-3-6-15(14)11-16/h8-9,11,17H,3-7,10,12-13H2,1-2H3. The number of rotatable bonds is 4. The Morgan fingerprint density at radius 3 is 2.90 bits per heavy atom. The van der Waals surface area contributed by atoms with Crippen LogP contribution in [0.2, 0.25) is 0 Å². The number of piperidine rings is 1. The fourth-order valence-electron chi connectivity index (χ4n) is 3.69. The molecule has 0 radical (unpaired) electrons. The van der Waals surface area contributed by atoms with Gasteiger partial charge in [0, 0.05) is 18.2 Å². The van der Waals surface area contributed by atoms with E-state index in [0.29, 0.717) is 12.6 Å². The number of ketones is 1. The lowest BCUT2D eigenvalue weighted by molar-refractivity contribution is 0.0857. The van der Waals surface area contributed by atoms with Crippen LogP contribution in [0.25, 0.3) is 0 Å². The summed E-state index contributed by atoms with van der Waals surface area (Å²) < 4.78 is 0. The molecule has 2 aliphatic rings. The van der Waals surface area contributed by atoms with Crippen LogP contribution in [0.4, 0.5) is 0 Å². The molecule has 0 spiro atoms. The van der Waals surface area contributed by atoms with E-state index >= 15 is 0 Å². The van der Waals surface area contributed by atoms with Crippen molar-refractivity contribution < 1.29 is 4.79 Å². The molecule has 0 bridgehead atoms. The lowest BCUT2D eigenvalue weighted by Crippen LogP contribution is -2.46. The van der Waals surface area contributed by atoms with Crippen molar-refractivity contribution in [3.63, 3.8) is 0 Å². The van der Waals surface area contributed by atoms with Gasteiger partial charge < -0.3 is 4.90 Å². The number of nitrogens with zero attached hydrogens (tertiary/aromatic N) is 2. The molecule has 1 saturated heterocycles. The number of aryl methyl sites for hydroxylation is 2. The summed E-state index contributed by atoms with van der Waals surface area (Å²) in [6.07, 6.45) is 6.00. The number of carbonyl (C=O) groups is 1. The number of hydrogen-bond donors (Lipinski definition) is 0. The van der Waals surface area contributed by atoms with E-state index in [1.54, 1.807) is 0 Å². The summed E-state index contributed by atoms with van der Waals surface area (Å²) in [7, 11) is 4.26. The third-order valence-electron chi connectivity index (χ3n) is 5.04. The summed E-state index contributed by atoms with van der Waals surface area (Å²) in [5.74, 6) is 0.264. The van der Waals surface area contributed by atoms with Crippen LogP contribution < -0.4 is 0 Å². The molecular formula is C18H26N2O. The summed E-state index contributed by atoms with van der Waals surface area (Å²) in [4.78, 5) is 17.1. The van der Waals surface area contributed by atoms with Gasteiger partial charge in [0.05, 0.1) is 6.54 Å². The fourth-order valence-corrected chi connectivity index (χ4v) is 3.69. The molecule has 1 atom stereocenters. The Kier molecular flexibility index (Phi) is 4.41. The van der Waals surface area contributed by atoms with E-state index < -0.39 is 0 Å². The minimum absolute atomic E-state index is 0.264. The first-order chi connectivity index (χ1) is 10.1. The van der Waals surface area contributed by atoms with Gasteiger partial charge in [0.2, 0.25) is 0 Å². The number of benzene rings is 1. The largest absolute Gasteiger partial charge is 0.305 e. The van der Waals surface area contributed by atoms with Gasteiger partial charge in [-0.25, -0.2) is 0 Å². The molecule has 114 valence electrons. The zero-order chi connectivity index (χ0) is 14.8. The molecule has 1 heterocycles. The summed E-state index contributed by atoms with van der Waals surface area (Å²) >= 11 is 0. The van der Waals surface area contributed by atoms with Crippen LogP contribution in [0.15, 0.2) is 18.2 Å². The molecule has 1 aromatic rings. The number of hydrogen-bond acceptors (Lipinski definition) is 3. The lowest BCUT2D eigenvalue weighted by Gasteiger charge is -2.35. The van der Waals surface area contributed by atoms with Crippen molar-refractivity contribution >= 4 is 5.78 Å². The molecule has 0 aromatic heterocycles. The Balaban J connectivity index is 1.63. The highest BCUT2D eigenvalue weighted by atomic mass is 16.1. The average molecular weight is 286 g/mol. The van der Waals surface area contributed by atoms with Gasteiger partial charge in [-0.15, -0.1) is 0 Å². The Morgan fingerprint density at radius 1 is 1.29 bits per heavy atom. The molecule has 1 aliphatic heterocycles. The number of Topliss-reactive ketones (excluding diaryl/α,β-unsaturated/α-hetero) is 1. The fraction of sp³-hybridized carbons (Fsp3) is 0.611. The van der Waals surface area contributed by atoms with E-state index in [2.05, 4.69) is 36.0 Å². The van der Waals surface area contributed by atoms with Crippen molar-refractivity contribution in [1.29, 1.82) is 0 Å². The highest BCUT2D eigenvalue weighted by Gasteiger charge is 2.23. The van der Waals surface area contributed by atoms with Crippen molar-refractivity contribution in [2.45, 2.75) is 38.1 Å². The first-order valence-electron chi connectivity index (χ1n) is 8.17. The second-order valence-corrected chi connectivity index (χ2v) is 6.73. The van der Waals surface area contributed by atoms with Gasteiger partial charge in [-0.1, -0.05) is 12.1 Å². The molecular weight excluding hydrogens is 260 g/mol. The molecule has 1 aromatic carbocycles. The zero-order valence-corrected chi connectivity index (χ0v) is 13.3. The zero-order valence-electron chi connectivity index (χ0n) is 13.3. The van der Waals surface area contributed by atoms with Gasteiger partial charge >= 0.3 is 0 Å². The maximum atomic E-state index is 12.5. The van der Waals surface area contributed by atoms with Crippen molar-refractivity contribution in [2.24, 2.45) is 0 Å². The van der Waals surface area contributed by atoms with Crippen LogP contribution in [0.5, 0.6) is 0 Å². The summed E-state index contributed by atoms with van der Waals surface area (Å²) in [6, 6.07) is 6.82. The third-order valence-corrected chi connectivity index (χ3v) is 5.04. The van der Waals surface area contributed by atoms with E-state index in [1.807, 2.05) is 6.07 Å². The third kappa shape index (κ3) is 3.35. The Bertz CT molecular complexity index is 526. The number of likely N-dealkylation sites (tertiary alicyclic amines) is 1. The molecule has 1 unspecified atom stereocenters. The van der Waals surface area contributed by atoms with Crippen LogP contribution in [-0.4, -0.2) is 55.4 Å². The maximum Gasteiger partial charge on any atom is 0.176 e. The van der Waals surface area contributed by atoms with Crippen LogP contribution in [0, 0.1) is 0 Å². The molecule has 3 nitrogen and oxygen atoms in total. The van der Waals surface area contributed by atoms with Gasteiger partial charge in [-0.2, -0.15) is 0 Å². The number of carbonyl (C=O) groups excluding carboxylic acids is 1. The van der Waals surface area contributed by atoms with Crippen molar-refractivity contribution in [3.05, 3.63) is 34.9 Å². The van der Waals surface area contributed by atoms with Gasteiger partial charge in [0.1, 0.15) is 0 Å². The Morgan fingerprint density at radius 2 is 2.10 bits per heavy atom. The van der Waals surface area contributed by atoms with Gasteiger partial charge in [0.25, 0.3) is 0 Å². The predicted molar refractivity (Wildman–Crippen MR) is 85.9 cm³/mol. The van der Waals surface area contributed by atoms with E-state index in [4.69, 9.17) is 0 Å². The molecule has 21 heavy (non-hydrogen) atoms. The van der Waals surface area contributed by atoms with Gasteiger partial charge in [-0.05, 0) is 69.9 Å². The molecule has 0 saturated carbocycles. The topological polar surface area (TPSA) is 23.6 Å². The number of fused-ring (bicyclic) bond motifs is 1. The van der Waals surface area contributed by atoms with Crippen molar-refractivity contribution in [1.82, 2.24) is 9.80 Å². The molecule has 3 rings (SSSR count). The number of likely N-dealkylation sites (N-methyl/N-ethyl adjacent to an activating group) is 2. The van der Waals surface area contributed by atoms with Crippen molar-refractivity contribution in [3.8, 4) is 0 Å². The summed E-state index contributed by atoms with van der Waals surface area (Å²) in [5, 5.41) is 0. The maximum absolute atomic E-state index is 12.5. The van der Waals surface area contributed by atoms with Crippen LogP contribution in [-0.2, 0) is 12.8 Å². The van der Waals surface area contributed by atoms with Crippen molar-refractivity contribution in [2.75, 3.05) is 33.7 Å². The van der Waals surface area contributed by atoms with Gasteiger partial charge in [-0.3, -0.25) is 9.69 Å². The average Bonchev–Trinajstić information content (AvgIpc) is 2.94. The summed E-state index contributed by atoms with van der Waals surface area (Å²) in [5.41, 5.74) is 3.72. The Labute approximate surface area is 127 Å². The monoisotopic (exact) mass is 286 g/mol. The highest BCUT2D eigenvalue weighted by molar-refractivity contribution is 5.97. The molecule has 1 fully saturated rings. The van der Waals surface area contributed by atoms with E-state index in [9.17, 15) is 4.79 Å². The predicted octanol–water partition coefficient (Wildman–Crippen LogP) is 2.38. The first-order valence-corrected chi connectivity index (χ1v) is 8.17. The van der Waals surface area contributed by atoms with E-state index in [0.717, 1.165) is 18.5 Å². The molecule has 3 heteroatoms. The summed E-state index contributed by atoms with van der Waals surface area (Å²) in [6.45, 7) is 2.80. The second-order valence-electron chi connectivity index (χ2n) is 6.73. The van der Waals surface area contributed by atoms with Gasteiger partial charge in [0.15, 0.2) is 5.78 Å². The molecule has 1 aliphatic carbocycles. The highest BCUT2D eigenvalue weighted by Crippen LogP contribution is 2.23. The first kappa shape index (κ1) is 14.7. The second kappa shape index (κ2) is 6.29. The van der Waals surface area contributed by atoms with E-state index in [1.165, 1.54) is 43.4 Å². The molecule has 0 amide bonds. The Hall–Kier alpha value is -1.19. The minimum atomic E-state index is 0.264. The molecule has 0 N–H and O–H groups in total. The minimum Gasteiger partial charge on any atom is -0.305 e. The normalized spacial score (nSPS) is 22.5. The smallest absolute Gasteiger partial charge is 0.176 e. The van der Waals surface area contributed by atoms with E-state index in [-0.39, 0.29) is 5.78 Å². The SMILES string of the molecule is CN1CCCC(N(C)CC(=O)c2ccc3c(c2)CCC3)C1. The van der Waals surface area contributed by atoms with Crippen LogP contribution in [0.3, 0.4) is 0 Å². The lowest BCUT2D eigenvalue weighted by atomic mass is 10.0. The van der Waals surface area contributed by atoms with Crippen LogP contribution >= 0.6 is 0 Å². The quantitative estimate of drug-likeness (QED) is 0.794.